The normalized spacial score (nSPS) is 18.8. The number of piperidine rings is 1. The zero-order chi connectivity index (χ0) is 12.7. The van der Waals surface area contributed by atoms with Crippen molar-refractivity contribution in [2.24, 2.45) is 0 Å². The minimum absolute atomic E-state index is 0.112. The van der Waals surface area contributed by atoms with E-state index in [2.05, 4.69) is 10.0 Å². The van der Waals surface area contributed by atoms with Crippen LogP contribution in [0.15, 0.2) is 0 Å². The maximum Gasteiger partial charge on any atom is 0.279 e. The van der Waals surface area contributed by atoms with Gasteiger partial charge in [-0.05, 0) is 25.9 Å². The predicted molar refractivity (Wildman–Crippen MR) is 67.1 cm³/mol. The minimum Gasteiger partial charge on any atom is -0.383 e. The van der Waals surface area contributed by atoms with Gasteiger partial charge in [0.1, 0.15) is 0 Å². The Hall–Kier alpha value is -0.210. The highest BCUT2D eigenvalue weighted by Crippen LogP contribution is 2.14. The van der Waals surface area contributed by atoms with Crippen LogP contribution in [0.4, 0.5) is 0 Å². The van der Waals surface area contributed by atoms with E-state index in [4.69, 9.17) is 4.74 Å². The molecule has 17 heavy (non-hydrogen) atoms. The summed E-state index contributed by atoms with van der Waals surface area (Å²) in [7, 11) is -1.81. The van der Waals surface area contributed by atoms with E-state index in [9.17, 15) is 8.42 Å². The number of nitrogens with zero attached hydrogens (tertiary/aromatic N) is 1. The molecule has 1 rings (SSSR count). The lowest BCUT2D eigenvalue weighted by Crippen LogP contribution is -2.50. The first-order valence-electron chi connectivity index (χ1n) is 6.08. The van der Waals surface area contributed by atoms with Gasteiger partial charge < -0.3 is 10.1 Å². The van der Waals surface area contributed by atoms with E-state index < -0.39 is 10.2 Å². The zero-order valence-corrected chi connectivity index (χ0v) is 11.4. The lowest BCUT2D eigenvalue weighted by atomic mass is 10.1. The van der Waals surface area contributed by atoms with Gasteiger partial charge in [-0.3, -0.25) is 0 Å². The number of hydrogen-bond donors (Lipinski definition) is 2. The molecule has 0 amide bonds. The van der Waals surface area contributed by atoms with E-state index >= 15 is 0 Å². The molecule has 2 N–H and O–H groups in total. The smallest absolute Gasteiger partial charge is 0.279 e. The lowest BCUT2D eigenvalue weighted by Gasteiger charge is -2.32. The van der Waals surface area contributed by atoms with Gasteiger partial charge in [-0.25, -0.2) is 0 Å². The fourth-order valence-electron chi connectivity index (χ4n) is 2.07. The molecule has 0 unspecified atom stereocenters. The number of hydrogen-bond acceptors (Lipinski definition) is 4. The Morgan fingerprint density at radius 3 is 2.59 bits per heavy atom. The SMILES string of the molecule is CCN(C1CCNCC1)S(=O)(=O)NCCOC. The van der Waals surface area contributed by atoms with Gasteiger partial charge in [0.25, 0.3) is 10.2 Å². The Morgan fingerprint density at radius 2 is 2.06 bits per heavy atom. The van der Waals surface area contributed by atoms with Crippen molar-refractivity contribution < 1.29 is 13.2 Å². The van der Waals surface area contributed by atoms with Crippen LogP contribution in [0.5, 0.6) is 0 Å². The molecule has 1 saturated heterocycles. The molecule has 7 heteroatoms. The van der Waals surface area contributed by atoms with Crippen LogP contribution in [-0.4, -0.2) is 58.7 Å². The van der Waals surface area contributed by atoms with E-state index in [1.54, 1.807) is 11.4 Å². The molecule has 1 fully saturated rings. The maximum absolute atomic E-state index is 12.1. The Kier molecular flexibility index (Phi) is 6.35. The maximum atomic E-state index is 12.1. The van der Waals surface area contributed by atoms with Crippen LogP contribution in [0.2, 0.25) is 0 Å². The zero-order valence-electron chi connectivity index (χ0n) is 10.6. The third-order valence-electron chi connectivity index (χ3n) is 2.93. The first-order valence-corrected chi connectivity index (χ1v) is 7.52. The van der Waals surface area contributed by atoms with Crippen molar-refractivity contribution in [2.45, 2.75) is 25.8 Å². The van der Waals surface area contributed by atoms with Crippen molar-refractivity contribution in [1.82, 2.24) is 14.3 Å². The Bertz CT molecular complexity index is 302. The molecule has 0 radical (unpaired) electrons. The molecule has 0 spiro atoms. The van der Waals surface area contributed by atoms with Gasteiger partial charge in [0, 0.05) is 26.2 Å². The summed E-state index contributed by atoms with van der Waals surface area (Å²) in [5.41, 5.74) is 0. The molecular formula is C10H23N3O3S. The largest absolute Gasteiger partial charge is 0.383 e. The Morgan fingerprint density at radius 1 is 1.41 bits per heavy atom. The summed E-state index contributed by atoms with van der Waals surface area (Å²) in [5, 5.41) is 3.24. The number of ether oxygens (including phenoxy) is 1. The van der Waals surface area contributed by atoms with Crippen molar-refractivity contribution in [1.29, 1.82) is 0 Å². The molecule has 0 aromatic heterocycles. The average Bonchev–Trinajstić information content (AvgIpc) is 2.31. The van der Waals surface area contributed by atoms with Gasteiger partial charge in [-0.1, -0.05) is 6.92 Å². The molecule has 0 atom stereocenters. The fraction of sp³-hybridized carbons (Fsp3) is 1.00. The molecular weight excluding hydrogens is 242 g/mol. The molecule has 1 aliphatic heterocycles. The summed E-state index contributed by atoms with van der Waals surface area (Å²) in [5.74, 6) is 0. The number of rotatable bonds is 7. The standard InChI is InChI=1S/C10H23N3O3S/c1-3-13(10-4-6-11-7-5-10)17(14,15)12-8-9-16-2/h10-12H,3-9H2,1-2H3. The van der Waals surface area contributed by atoms with Crippen molar-refractivity contribution in [3.8, 4) is 0 Å². The topological polar surface area (TPSA) is 70.7 Å². The van der Waals surface area contributed by atoms with Crippen LogP contribution in [0, 0.1) is 0 Å². The first-order chi connectivity index (χ1) is 8.11. The highest BCUT2D eigenvalue weighted by atomic mass is 32.2. The number of methoxy groups -OCH3 is 1. The van der Waals surface area contributed by atoms with E-state index in [-0.39, 0.29) is 6.04 Å². The summed E-state index contributed by atoms with van der Waals surface area (Å²) >= 11 is 0. The van der Waals surface area contributed by atoms with Gasteiger partial charge in [0.2, 0.25) is 0 Å². The van der Waals surface area contributed by atoms with Crippen molar-refractivity contribution in [3.05, 3.63) is 0 Å². The second kappa shape index (κ2) is 7.27. The van der Waals surface area contributed by atoms with Crippen molar-refractivity contribution >= 4 is 10.2 Å². The van der Waals surface area contributed by atoms with Crippen LogP contribution < -0.4 is 10.0 Å². The molecule has 0 aliphatic carbocycles. The average molecular weight is 265 g/mol. The summed E-state index contributed by atoms with van der Waals surface area (Å²) in [6.07, 6.45) is 1.75. The van der Waals surface area contributed by atoms with Crippen molar-refractivity contribution in [3.63, 3.8) is 0 Å². The molecule has 0 aromatic carbocycles. The van der Waals surface area contributed by atoms with Gasteiger partial charge in [-0.15, -0.1) is 0 Å². The third-order valence-corrected chi connectivity index (χ3v) is 4.67. The van der Waals surface area contributed by atoms with Crippen LogP contribution in [-0.2, 0) is 14.9 Å². The predicted octanol–water partition coefficient (Wildman–Crippen LogP) is -0.459. The molecule has 6 nitrogen and oxygen atoms in total. The summed E-state index contributed by atoms with van der Waals surface area (Å²) in [4.78, 5) is 0. The quantitative estimate of drug-likeness (QED) is 0.611. The molecule has 0 aromatic rings. The number of nitrogens with one attached hydrogen (secondary N) is 2. The monoisotopic (exact) mass is 265 g/mol. The van der Waals surface area contributed by atoms with E-state index in [1.165, 1.54) is 0 Å². The van der Waals surface area contributed by atoms with Crippen LogP contribution in [0.3, 0.4) is 0 Å². The molecule has 0 saturated carbocycles. The van der Waals surface area contributed by atoms with Crippen LogP contribution >= 0.6 is 0 Å². The lowest BCUT2D eigenvalue weighted by molar-refractivity contribution is 0.202. The van der Waals surface area contributed by atoms with Gasteiger partial charge in [0.05, 0.1) is 6.61 Å². The highest BCUT2D eigenvalue weighted by molar-refractivity contribution is 7.87. The van der Waals surface area contributed by atoms with E-state index in [0.29, 0.717) is 19.7 Å². The fourth-order valence-corrected chi connectivity index (χ4v) is 3.53. The van der Waals surface area contributed by atoms with E-state index in [0.717, 1.165) is 25.9 Å². The van der Waals surface area contributed by atoms with Crippen LogP contribution in [0.1, 0.15) is 19.8 Å². The van der Waals surface area contributed by atoms with Gasteiger partial charge in [-0.2, -0.15) is 17.4 Å². The Balaban J connectivity index is 2.57. The highest BCUT2D eigenvalue weighted by Gasteiger charge is 2.29. The molecule has 1 heterocycles. The summed E-state index contributed by atoms with van der Waals surface area (Å²) < 4.78 is 33.1. The van der Waals surface area contributed by atoms with Crippen LogP contribution in [0.25, 0.3) is 0 Å². The summed E-state index contributed by atoms with van der Waals surface area (Å²) in [6, 6.07) is 0.112. The second-order valence-corrected chi connectivity index (χ2v) is 5.78. The molecule has 1 aliphatic rings. The van der Waals surface area contributed by atoms with E-state index in [1.807, 2.05) is 6.92 Å². The summed E-state index contributed by atoms with van der Waals surface area (Å²) in [6.45, 7) is 4.86. The minimum atomic E-state index is -3.37. The molecule has 102 valence electrons. The third kappa shape index (κ3) is 4.51. The first kappa shape index (κ1) is 14.8. The van der Waals surface area contributed by atoms with Gasteiger partial charge in [0.15, 0.2) is 0 Å². The molecule has 0 bridgehead atoms. The van der Waals surface area contributed by atoms with Crippen molar-refractivity contribution in [2.75, 3.05) is 39.9 Å². The Labute approximate surface area is 104 Å². The van der Waals surface area contributed by atoms with Gasteiger partial charge >= 0.3 is 0 Å². The second-order valence-electron chi connectivity index (χ2n) is 4.08.